The molecule has 1 heterocycles. The molecule has 2 N–H and O–H groups in total. The number of phenolic OH excluding ortho intramolecular Hbond substituents is 1. The van der Waals surface area contributed by atoms with Gasteiger partial charge in [0, 0.05) is 12.7 Å². The summed E-state index contributed by atoms with van der Waals surface area (Å²) in [5.74, 6) is 1.04. The average molecular weight is 393 g/mol. The first kappa shape index (κ1) is 21.2. The zero-order valence-corrected chi connectivity index (χ0v) is 17.4. The quantitative estimate of drug-likeness (QED) is 0.614. The van der Waals surface area contributed by atoms with Crippen LogP contribution in [-0.2, 0) is 9.09 Å². The van der Waals surface area contributed by atoms with Crippen molar-refractivity contribution in [2.75, 3.05) is 31.7 Å². The molecule has 1 aromatic carbocycles. The molecule has 0 saturated heterocycles. The molecular formula is C19H28N3O4P. The molecule has 1 aromatic heterocycles. The average Bonchev–Trinajstić information content (AvgIpc) is 2.66. The fourth-order valence-electron chi connectivity index (χ4n) is 2.91. The minimum absolute atomic E-state index is 0.0834. The first-order valence-electron chi connectivity index (χ1n) is 8.97. The monoisotopic (exact) mass is 393 g/mol. The number of aromatic nitrogens is 2. The molecule has 0 radical (unpaired) electrons. The number of aryl methyl sites for hydroxylation is 2. The molecule has 2 unspecified atom stereocenters. The van der Waals surface area contributed by atoms with E-state index in [0.29, 0.717) is 36.4 Å². The van der Waals surface area contributed by atoms with E-state index in [9.17, 15) is 9.67 Å². The van der Waals surface area contributed by atoms with Crippen molar-refractivity contribution in [1.29, 1.82) is 0 Å². The molecule has 0 bridgehead atoms. The smallest absolute Gasteiger partial charge is 0.211 e. The second kappa shape index (κ2) is 9.20. The Bertz CT molecular complexity index is 811. The van der Waals surface area contributed by atoms with Gasteiger partial charge in [0.1, 0.15) is 5.82 Å². The van der Waals surface area contributed by atoms with E-state index < -0.39 is 13.0 Å². The Morgan fingerprint density at radius 1 is 1.22 bits per heavy atom. The summed E-state index contributed by atoms with van der Waals surface area (Å²) in [6, 6.07) is 3.54. The number of rotatable bonds is 9. The Morgan fingerprint density at radius 2 is 1.96 bits per heavy atom. The van der Waals surface area contributed by atoms with Gasteiger partial charge in [-0.25, -0.2) is 4.98 Å². The van der Waals surface area contributed by atoms with Gasteiger partial charge >= 0.3 is 0 Å². The maximum Gasteiger partial charge on any atom is 0.211 e. The Morgan fingerprint density at radius 3 is 2.52 bits per heavy atom. The van der Waals surface area contributed by atoms with Gasteiger partial charge in [0.25, 0.3) is 0 Å². The van der Waals surface area contributed by atoms with Crippen LogP contribution in [-0.4, -0.2) is 41.5 Å². The second-order valence-electron chi connectivity index (χ2n) is 6.29. The highest BCUT2D eigenvalue weighted by atomic mass is 31.2. The van der Waals surface area contributed by atoms with Gasteiger partial charge in [0.05, 0.1) is 37.5 Å². The summed E-state index contributed by atoms with van der Waals surface area (Å²) < 4.78 is 24.6. The maximum atomic E-state index is 13.6. The van der Waals surface area contributed by atoms with Gasteiger partial charge in [0.15, 0.2) is 11.5 Å². The molecular weight excluding hydrogens is 365 g/mol. The molecule has 8 heteroatoms. The van der Waals surface area contributed by atoms with E-state index in [1.807, 2.05) is 26.8 Å². The second-order valence-corrected chi connectivity index (χ2v) is 9.25. The third-order valence-electron chi connectivity index (χ3n) is 4.41. The highest BCUT2D eigenvalue weighted by Crippen LogP contribution is 2.60. The van der Waals surface area contributed by atoms with E-state index in [2.05, 4.69) is 15.3 Å². The van der Waals surface area contributed by atoms with Crippen LogP contribution >= 0.6 is 7.37 Å². The summed E-state index contributed by atoms with van der Waals surface area (Å²) in [6.07, 6.45) is 3.72. The van der Waals surface area contributed by atoms with Crippen LogP contribution in [0.2, 0.25) is 0 Å². The lowest BCUT2D eigenvalue weighted by Crippen LogP contribution is -2.17. The van der Waals surface area contributed by atoms with Gasteiger partial charge in [-0.3, -0.25) is 9.55 Å². The Kier molecular flexibility index (Phi) is 7.22. The van der Waals surface area contributed by atoms with Crippen molar-refractivity contribution in [3.8, 4) is 11.5 Å². The molecule has 0 aliphatic carbocycles. The highest BCUT2D eigenvalue weighted by Gasteiger charge is 2.34. The largest absolute Gasteiger partial charge is 0.504 e. The predicted molar refractivity (Wildman–Crippen MR) is 107 cm³/mol. The molecule has 0 fully saturated rings. The Hall–Kier alpha value is -2.11. The lowest BCUT2D eigenvalue weighted by molar-refractivity contribution is 0.326. The van der Waals surface area contributed by atoms with Crippen molar-refractivity contribution in [3.63, 3.8) is 0 Å². The summed E-state index contributed by atoms with van der Waals surface area (Å²) in [4.78, 5) is 8.52. The molecule has 2 aromatic rings. The van der Waals surface area contributed by atoms with Crippen molar-refractivity contribution >= 4 is 13.2 Å². The summed E-state index contributed by atoms with van der Waals surface area (Å²) in [6.45, 7) is 8.07. The Balaban J connectivity index is 2.42. The number of phenols is 1. The van der Waals surface area contributed by atoms with Gasteiger partial charge in [-0.05, 0) is 38.0 Å². The van der Waals surface area contributed by atoms with E-state index in [-0.39, 0.29) is 5.75 Å². The van der Waals surface area contributed by atoms with Crippen LogP contribution in [0.4, 0.5) is 5.82 Å². The van der Waals surface area contributed by atoms with E-state index in [1.165, 1.54) is 7.11 Å². The topological polar surface area (TPSA) is 93.6 Å². The van der Waals surface area contributed by atoms with Crippen molar-refractivity contribution in [1.82, 2.24) is 9.97 Å². The summed E-state index contributed by atoms with van der Waals surface area (Å²) in [7, 11) is -1.50. The van der Waals surface area contributed by atoms with Crippen LogP contribution in [0.3, 0.4) is 0 Å². The predicted octanol–water partition coefficient (Wildman–Crippen LogP) is 4.30. The molecule has 0 aliphatic heterocycles. The van der Waals surface area contributed by atoms with Crippen LogP contribution in [0.15, 0.2) is 24.5 Å². The SMILES string of the molecule is CCOP(=O)(CC)C(CNc1cnc(C)cn1)c1cc(C)c(O)c(OC)c1. The number of methoxy groups -OCH3 is 1. The number of aromatic hydroxyl groups is 1. The number of nitrogens with one attached hydrogen (secondary N) is 1. The first-order chi connectivity index (χ1) is 12.8. The van der Waals surface area contributed by atoms with Gasteiger partial charge < -0.3 is 19.7 Å². The van der Waals surface area contributed by atoms with Crippen LogP contribution in [0.5, 0.6) is 11.5 Å². The molecule has 0 amide bonds. The number of nitrogens with zero attached hydrogens (tertiary/aromatic N) is 2. The lowest BCUT2D eigenvalue weighted by atomic mass is 10.1. The third kappa shape index (κ3) is 4.99. The summed E-state index contributed by atoms with van der Waals surface area (Å²) in [5, 5.41) is 13.4. The van der Waals surface area contributed by atoms with E-state index in [0.717, 1.165) is 11.3 Å². The molecule has 2 rings (SSSR count). The summed E-state index contributed by atoms with van der Waals surface area (Å²) >= 11 is 0. The molecule has 7 nitrogen and oxygen atoms in total. The molecule has 0 aliphatic rings. The van der Waals surface area contributed by atoms with E-state index >= 15 is 0 Å². The molecule has 2 atom stereocenters. The number of hydrogen-bond donors (Lipinski definition) is 2. The van der Waals surface area contributed by atoms with Gasteiger partial charge in [-0.15, -0.1) is 0 Å². The van der Waals surface area contributed by atoms with Crippen molar-refractivity contribution in [3.05, 3.63) is 41.3 Å². The van der Waals surface area contributed by atoms with Gasteiger partial charge in [-0.1, -0.05) is 13.0 Å². The maximum absolute atomic E-state index is 13.6. The summed E-state index contributed by atoms with van der Waals surface area (Å²) in [5.41, 5.74) is 1.85. The third-order valence-corrected chi connectivity index (χ3v) is 7.42. The van der Waals surface area contributed by atoms with Gasteiger partial charge in [0.2, 0.25) is 7.37 Å². The minimum atomic E-state index is -2.99. The number of hydrogen-bond acceptors (Lipinski definition) is 7. The fourth-order valence-corrected chi connectivity index (χ4v) is 5.12. The standard InChI is InChI=1S/C19H28N3O4P/c1-6-26-27(24,7-2)17(11-22-18-12-20-14(4)10-21-18)15-8-13(3)19(23)16(9-15)25-5/h8-10,12,17,23H,6-7,11H2,1-5H3,(H,21,22). The van der Waals surface area contributed by atoms with Crippen LogP contribution in [0.25, 0.3) is 0 Å². The van der Waals surface area contributed by atoms with Crippen molar-refractivity contribution in [2.45, 2.75) is 33.4 Å². The molecule has 0 spiro atoms. The molecule has 148 valence electrons. The first-order valence-corrected chi connectivity index (χ1v) is 10.9. The minimum Gasteiger partial charge on any atom is -0.504 e. The molecule has 0 saturated carbocycles. The number of anilines is 1. The van der Waals surface area contributed by atoms with Crippen LogP contribution < -0.4 is 10.1 Å². The highest BCUT2D eigenvalue weighted by molar-refractivity contribution is 7.59. The van der Waals surface area contributed by atoms with E-state index in [1.54, 1.807) is 25.4 Å². The molecule has 27 heavy (non-hydrogen) atoms. The van der Waals surface area contributed by atoms with Crippen LogP contribution in [0, 0.1) is 13.8 Å². The lowest BCUT2D eigenvalue weighted by Gasteiger charge is -2.28. The van der Waals surface area contributed by atoms with E-state index in [4.69, 9.17) is 9.26 Å². The zero-order valence-electron chi connectivity index (χ0n) is 16.5. The van der Waals surface area contributed by atoms with Crippen LogP contribution in [0.1, 0.15) is 36.3 Å². The number of ether oxygens (including phenoxy) is 1. The van der Waals surface area contributed by atoms with Crippen molar-refractivity contribution in [2.24, 2.45) is 0 Å². The van der Waals surface area contributed by atoms with Gasteiger partial charge in [-0.2, -0.15) is 0 Å². The number of benzene rings is 1. The zero-order chi connectivity index (χ0) is 20.0. The normalized spacial score (nSPS) is 14.4. The van der Waals surface area contributed by atoms with Crippen molar-refractivity contribution < 1.29 is 18.9 Å². The Labute approximate surface area is 160 Å². The fraction of sp³-hybridized carbons (Fsp3) is 0.474.